The third-order valence-corrected chi connectivity index (χ3v) is 6.05. The van der Waals surface area contributed by atoms with Gasteiger partial charge in [0.05, 0.1) is 19.3 Å². The Bertz CT molecular complexity index is 1190. The maximum absolute atomic E-state index is 12.5. The lowest BCUT2D eigenvalue weighted by Crippen LogP contribution is -2.98. The van der Waals surface area contributed by atoms with Crippen molar-refractivity contribution in [1.29, 1.82) is 0 Å². The average Bonchev–Trinajstić information content (AvgIpc) is 3.47. The molecule has 1 saturated heterocycles. The summed E-state index contributed by atoms with van der Waals surface area (Å²) in [5, 5.41) is 9.66. The SMILES string of the molecule is CN1[N-][NH+](C)c2ccc(-c3noc(N4CCN(C(=O)CNC(=O)c5ccccc5)CC4)n3)cc21. The van der Waals surface area contributed by atoms with Crippen LogP contribution in [-0.2, 0) is 4.79 Å². The first kappa shape index (κ1) is 21.9. The third-order valence-electron chi connectivity index (χ3n) is 6.05. The second kappa shape index (κ2) is 9.12. The molecule has 3 aromatic rings. The molecule has 176 valence electrons. The van der Waals surface area contributed by atoms with Crippen LogP contribution in [0.1, 0.15) is 10.4 Å². The van der Waals surface area contributed by atoms with Crippen molar-refractivity contribution in [2.24, 2.45) is 0 Å². The summed E-state index contributed by atoms with van der Waals surface area (Å²) in [5.41, 5.74) is 7.94. The van der Waals surface area contributed by atoms with Gasteiger partial charge in [-0.15, -0.1) is 0 Å². The van der Waals surface area contributed by atoms with Crippen LogP contribution in [-0.4, -0.2) is 73.7 Å². The molecule has 1 aromatic heterocycles. The van der Waals surface area contributed by atoms with E-state index in [9.17, 15) is 9.59 Å². The first-order valence-corrected chi connectivity index (χ1v) is 11.1. The van der Waals surface area contributed by atoms with E-state index in [1.807, 2.05) is 48.3 Å². The number of rotatable bonds is 5. The normalized spacial score (nSPS) is 17.6. The number of nitrogens with one attached hydrogen (secondary N) is 2. The molecule has 2 aromatic carbocycles. The van der Waals surface area contributed by atoms with Gasteiger partial charge in [0.25, 0.3) is 5.91 Å². The molecule has 1 fully saturated rings. The van der Waals surface area contributed by atoms with Gasteiger partial charge in [-0.1, -0.05) is 23.4 Å². The molecule has 0 bridgehead atoms. The molecule has 0 aliphatic carbocycles. The van der Waals surface area contributed by atoms with Crippen LogP contribution in [0.5, 0.6) is 0 Å². The molecule has 1 unspecified atom stereocenters. The Morgan fingerprint density at radius 2 is 1.88 bits per heavy atom. The number of amides is 2. The number of carbonyl (C=O) groups is 2. The monoisotopic (exact) mass is 462 g/mol. The van der Waals surface area contributed by atoms with Crippen molar-refractivity contribution in [3.8, 4) is 11.4 Å². The third kappa shape index (κ3) is 4.30. The number of hydrogen-bond donors (Lipinski definition) is 2. The topological polar surface area (TPSA) is 113 Å². The number of aromatic nitrogens is 2. The predicted molar refractivity (Wildman–Crippen MR) is 126 cm³/mol. The molecule has 2 aliphatic heterocycles. The first-order valence-electron chi connectivity index (χ1n) is 11.1. The summed E-state index contributed by atoms with van der Waals surface area (Å²) < 4.78 is 5.51. The molecule has 0 saturated carbocycles. The standard InChI is InChI=1S/C23H26N8O3/c1-28-18-9-8-17(14-19(18)29(2)27-28)21-25-23(34-26-21)31-12-10-30(11-13-31)20(32)15-24-22(33)16-6-4-3-5-7-16/h3-9,14,28H,10-13,15H2,1-2H3,(H,24,33). The van der Waals surface area contributed by atoms with Crippen molar-refractivity contribution < 1.29 is 19.1 Å². The lowest BCUT2D eigenvalue weighted by atomic mass is 10.1. The van der Waals surface area contributed by atoms with E-state index in [4.69, 9.17) is 4.52 Å². The zero-order valence-electron chi connectivity index (χ0n) is 19.1. The molecule has 11 heteroatoms. The van der Waals surface area contributed by atoms with Crippen LogP contribution >= 0.6 is 0 Å². The van der Waals surface area contributed by atoms with Gasteiger partial charge in [0, 0.05) is 43.4 Å². The van der Waals surface area contributed by atoms with Crippen LogP contribution in [0.4, 0.5) is 17.4 Å². The second-order valence-corrected chi connectivity index (χ2v) is 8.26. The van der Waals surface area contributed by atoms with E-state index in [0.29, 0.717) is 43.6 Å². The number of anilines is 2. The molecule has 11 nitrogen and oxygen atoms in total. The number of piperazine rings is 1. The molecular weight excluding hydrogens is 436 g/mol. The van der Waals surface area contributed by atoms with Crippen LogP contribution in [0.25, 0.3) is 16.9 Å². The highest BCUT2D eigenvalue weighted by Crippen LogP contribution is 2.32. The van der Waals surface area contributed by atoms with Crippen LogP contribution in [0, 0.1) is 0 Å². The van der Waals surface area contributed by atoms with Gasteiger partial charge in [0.15, 0.2) is 0 Å². The summed E-state index contributed by atoms with van der Waals surface area (Å²) in [5.74, 6) is 0.137. The highest BCUT2D eigenvalue weighted by atomic mass is 16.5. The van der Waals surface area contributed by atoms with Crippen molar-refractivity contribution in [2.45, 2.75) is 0 Å². The second-order valence-electron chi connectivity index (χ2n) is 8.26. The number of quaternary nitrogens is 1. The summed E-state index contributed by atoms with van der Waals surface area (Å²) >= 11 is 0. The van der Waals surface area contributed by atoms with Gasteiger partial charge in [-0.2, -0.15) is 4.98 Å². The lowest BCUT2D eigenvalue weighted by Gasteiger charge is -2.33. The van der Waals surface area contributed by atoms with Gasteiger partial charge in [-0.05, 0) is 31.3 Å². The Morgan fingerprint density at radius 3 is 2.65 bits per heavy atom. The van der Waals surface area contributed by atoms with Gasteiger partial charge in [0.1, 0.15) is 5.69 Å². The Labute approximate surface area is 196 Å². The highest BCUT2D eigenvalue weighted by Gasteiger charge is 2.25. The molecule has 5 rings (SSSR count). The number of hydrogen-bond acceptors (Lipinski definition) is 7. The maximum Gasteiger partial charge on any atom is 0.324 e. The van der Waals surface area contributed by atoms with E-state index >= 15 is 0 Å². The van der Waals surface area contributed by atoms with Crippen molar-refractivity contribution in [3.63, 3.8) is 0 Å². The van der Waals surface area contributed by atoms with E-state index in [-0.39, 0.29) is 18.4 Å². The first-order chi connectivity index (χ1) is 16.5. The minimum absolute atomic E-state index is 0.0333. The van der Waals surface area contributed by atoms with E-state index in [1.54, 1.807) is 29.2 Å². The van der Waals surface area contributed by atoms with Gasteiger partial charge >= 0.3 is 6.01 Å². The quantitative estimate of drug-likeness (QED) is 0.571. The van der Waals surface area contributed by atoms with Gasteiger partial charge < -0.3 is 35.2 Å². The smallest absolute Gasteiger partial charge is 0.324 e. The van der Waals surface area contributed by atoms with Gasteiger partial charge in [0.2, 0.25) is 11.7 Å². The van der Waals surface area contributed by atoms with E-state index in [0.717, 1.165) is 21.9 Å². The van der Waals surface area contributed by atoms with E-state index < -0.39 is 0 Å². The number of benzene rings is 2. The van der Waals surface area contributed by atoms with Crippen LogP contribution < -0.4 is 20.2 Å². The Hall–Kier alpha value is -3.96. The molecular formula is C23H26N8O3. The summed E-state index contributed by atoms with van der Waals surface area (Å²) in [6.07, 6.45) is 0. The van der Waals surface area contributed by atoms with Gasteiger partial charge in [-0.25, -0.2) is 0 Å². The molecule has 2 aliphatic rings. The maximum atomic E-state index is 12.5. The fourth-order valence-corrected chi connectivity index (χ4v) is 4.14. The molecule has 0 spiro atoms. The summed E-state index contributed by atoms with van der Waals surface area (Å²) in [7, 11) is 3.89. The highest BCUT2D eigenvalue weighted by molar-refractivity contribution is 5.96. The lowest BCUT2D eigenvalue weighted by molar-refractivity contribution is -0.763. The van der Waals surface area contributed by atoms with Crippen LogP contribution in [0.15, 0.2) is 53.1 Å². The predicted octanol–water partition coefficient (Wildman–Crippen LogP) is 0.615. The minimum atomic E-state index is -0.259. The minimum Gasteiger partial charge on any atom is -0.423 e. The molecule has 3 heterocycles. The summed E-state index contributed by atoms with van der Waals surface area (Å²) in [4.78, 5) is 33.0. The average molecular weight is 463 g/mol. The van der Waals surface area contributed by atoms with Crippen molar-refractivity contribution in [3.05, 3.63) is 59.6 Å². The molecule has 0 radical (unpaired) electrons. The van der Waals surface area contributed by atoms with Crippen LogP contribution in [0.2, 0.25) is 0 Å². The molecule has 2 amide bonds. The summed E-state index contributed by atoms with van der Waals surface area (Å²) in [6, 6.07) is 15.3. The summed E-state index contributed by atoms with van der Waals surface area (Å²) in [6.45, 7) is 2.13. The fraction of sp³-hybridized carbons (Fsp3) is 0.304. The Kier molecular flexibility index (Phi) is 5.86. The largest absolute Gasteiger partial charge is 0.423 e. The van der Waals surface area contributed by atoms with Crippen molar-refractivity contribution >= 4 is 29.2 Å². The number of carbonyl (C=O) groups excluding carboxylic acids is 2. The van der Waals surface area contributed by atoms with E-state index in [2.05, 4.69) is 21.0 Å². The van der Waals surface area contributed by atoms with Crippen molar-refractivity contribution in [1.82, 2.24) is 20.4 Å². The zero-order chi connectivity index (χ0) is 23.7. The Morgan fingerprint density at radius 1 is 1.12 bits per heavy atom. The van der Waals surface area contributed by atoms with E-state index in [1.165, 1.54) is 0 Å². The fourth-order valence-electron chi connectivity index (χ4n) is 4.14. The Balaban J connectivity index is 1.16. The molecule has 34 heavy (non-hydrogen) atoms. The molecule has 1 atom stereocenters. The van der Waals surface area contributed by atoms with Gasteiger partial charge in [-0.3, -0.25) is 9.59 Å². The number of nitrogens with zero attached hydrogens (tertiary/aromatic N) is 6. The van der Waals surface area contributed by atoms with Crippen LogP contribution in [0.3, 0.4) is 0 Å². The zero-order valence-corrected chi connectivity index (χ0v) is 19.1. The van der Waals surface area contributed by atoms with Crippen molar-refractivity contribution in [2.75, 3.05) is 56.7 Å². The molecule has 2 N–H and O–H groups in total. The number of fused-ring (bicyclic) bond motifs is 1.